The van der Waals surface area contributed by atoms with Crippen molar-refractivity contribution in [1.82, 2.24) is 30.0 Å². The molecule has 7 heteroatoms. The van der Waals surface area contributed by atoms with Crippen molar-refractivity contribution < 1.29 is 4.79 Å². The summed E-state index contributed by atoms with van der Waals surface area (Å²) < 4.78 is 1.85. The fourth-order valence-electron chi connectivity index (χ4n) is 2.14. The van der Waals surface area contributed by atoms with E-state index in [2.05, 4.69) is 27.4 Å². The zero-order valence-corrected chi connectivity index (χ0v) is 13.1. The minimum atomic E-state index is -0.0744. The fraction of sp³-hybridized carbons (Fsp3) is 0.467. The minimum absolute atomic E-state index is 0.0744. The number of pyridine rings is 1. The molecule has 2 rings (SSSR count). The van der Waals surface area contributed by atoms with Gasteiger partial charge in [0, 0.05) is 32.8 Å². The van der Waals surface area contributed by atoms with Crippen molar-refractivity contribution >= 4 is 6.03 Å². The molecule has 7 nitrogen and oxygen atoms in total. The van der Waals surface area contributed by atoms with Crippen LogP contribution in [0, 0.1) is 0 Å². The molecule has 118 valence electrons. The summed E-state index contributed by atoms with van der Waals surface area (Å²) in [5.41, 5.74) is 0.888. The van der Waals surface area contributed by atoms with Gasteiger partial charge >= 0.3 is 6.03 Å². The maximum atomic E-state index is 12.3. The first-order chi connectivity index (χ1) is 10.7. The fourth-order valence-corrected chi connectivity index (χ4v) is 2.14. The number of hydrogen-bond acceptors (Lipinski definition) is 4. The van der Waals surface area contributed by atoms with Gasteiger partial charge in [0.25, 0.3) is 0 Å². The topological polar surface area (TPSA) is 75.9 Å². The van der Waals surface area contributed by atoms with E-state index < -0.39 is 0 Å². The highest BCUT2D eigenvalue weighted by atomic mass is 16.2. The predicted octanol–water partition coefficient (Wildman–Crippen LogP) is 1.37. The van der Waals surface area contributed by atoms with Crippen LogP contribution in [0.2, 0.25) is 0 Å². The lowest BCUT2D eigenvalue weighted by molar-refractivity contribution is 0.194. The van der Waals surface area contributed by atoms with E-state index in [1.807, 2.05) is 29.8 Å². The molecule has 1 N–H and O–H groups in total. The van der Waals surface area contributed by atoms with E-state index in [1.165, 1.54) is 0 Å². The second-order valence-corrected chi connectivity index (χ2v) is 5.08. The van der Waals surface area contributed by atoms with Gasteiger partial charge in [-0.15, -0.1) is 10.2 Å². The molecule has 0 saturated heterocycles. The number of nitrogens with zero attached hydrogens (tertiary/aromatic N) is 5. The SMILES string of the molecule is CCCN(Cc1ccccn1)C(=O)NCCc1nncn1C. The molecule has 2 amide bonds. The van der Waals surface area contributed by atoms with Gasteiger partial charge < -0.3 is 14.8 Å². The van der Waals surface area contributed by atoms with Gasteiger partial charge in [0.05, 0.1) is 12.2 Å². The Bertz CT molecular complexity index is 583. The van der Waals surface area contributed by atoms with Crippen molar-refractivity contribution in [2.45, 2.75) is 26.3 Å². The molecule has 0 aliphatic rings. The second kappa shape index (κ2) is 8.11. The van der Waals surface area contributed by atoms with Crippen LogP contribution in [0.15, 0.2) is 30.7 Å². The molecule has 0 aliphatic carbocycles. The summed E-state index contributed by atoms with van der Waals surface area (Å²) >= 11 is 0. The first kappa shape index (κ1) is 15.9. The van der Waals surface area contributed by atoms with Gasteiger partial charge in [-0.25, -0.2) is 4.79 Å². The van der Waals surface area contributed by atoms with Gasteiger partial charge in [-0.1, -0.05) is 13.0 Å². The third-order valence-electron chi connectivity index (χ3n) is 3.29. The molecule has 0 bridgehead atoms. The van der Waals surface area contributed by atoms with Gasteiger partial charge in [-0.3, -0.25) is 4.98 Å². The number of nitrogens with one attached hydrogen (secondary N) is 1. The molecule has 0 spiro atoms. The van der Waals surface area contributed by atoms with E-state index in [-0.39, 0.29) is 6.03 Å². The molecule has 2 aromatic heterocycles. The van der Waals surface area contributed by atoms with E-state index in [0.717, 1.165) is 17.9 Å². The molecule has 0 radical (unpaired) electrons. The Morgan fingerprint density at radius 1 is 1.41 bits per heavy atom. The molecule has 0 atom stereocenters. The second-order valence-electron chi connectivity index (χ2n) is 5.08. The lowest BCUT2D eigenvalue weighted by Crippen LogP contribution is -2.41. The van der Waals surface area contributed by atoms with Crippen molar-refractivity contribution in [3.8, 4) is 0 Å². The molecule has 2 heterocycles. The van der Waals surface area contributed by atoms with Gasteiger partial charge in [0.2, 0.25) is 0 Å². The smallest absolute Gasteiger partial charge is 0.317 e. The largest absolute Gasteiger partial charge is 0.338 e. The molecular weight excluding hydrogens is 280 g/mol. The number of urea groups is 1. The van der Waals surface area contributed by atoms with Crippen molar-refractivity contribution in [1.29, 1.82) is 0 Å². The van der Waals surface area contributed by atoms with Crippen LogP contribution in [0.25, 0.3) is 0 Å². The number of amides is 2. The van der Waals surface area contributed by atoms with Crippen molar-refractivity contribution in [2.24, 2.45) is 7.05 Å². The van der Waals surface area contributed by atoms with Crippen molar-refractivity contribution in [2.75, 3.05) is 13.1 Å². The predicted molar refractivity (Wildman–Crippen MR) is 83.0 cm³/mol. The average Bonchev–Trinajstić information content (AvgIpc) is 2.93. The Morgan fingerprint density at radius 3 is 2.91 bits per heavy atom. The van der Waals surface area contributed by atoms with Gasteiger partial charge in [-0.2, -0.15) is 0 Å². The zero-order valence-electron chi connectivity index (χ0n) is 13.1. The van der Waals surface area contributed by atoms with E-state index >= 15 is 0 Å². The molecule has 0 unspecified atom stereocenters. The highest BCUT2D eigenvalue weighted by Gasteiger charge is 2.13. The molecule has 2 aromatic rings. The Kier molecular flexibility index (Phi) is 5.88. The van der Waals surface area contributed by atoms with Gasteiger partial charge in [0.1, 0.15) is 12.2 Å². The number of hydrogen-bond donors (Lipinski definition) is 1. The van der Waals surface area contributed by atoms with Crippen LogP contribution in [-0.2, 0) is 20.0 Å². The number of aryl methyl sites for hydroxylation is 1. The monoisotopic (exact) mass is 302 g/mol. The summed E-state index contributed by atoms with van der Waals surface area (Å²) in [4.78, 5) is 18.3. The Labute approximate surface area is 130 Å². The Balaban J connectivity index is 1.85. The summed E-state index contributed by atoms with van der Waals surface area (Å²) in [6.45, 7) is 3.81. The van der Waals surface area contributed by atoms with Gasteiger partial charge in [0.15, 0.2) is 0 Å². The third-order valence-corrected chi connectivity index (χ3v) is 3.29. The van der Waals surface area contributed by atoms with Crippen LogP contribution in [0.5, 0.6) is 0 Å². The number of carbonyl (C=O) groups excluding carboxylic acids is 1. The third kappa shape index (κ3) is 4.54. The maximum absolute atomic E-state index is 12.3. The van der Waals surface area contributed by atoms with Gasteiger partial charge in [-0.05, 0) is 18.6 Å². The van der Waals surface area contributed by atoms with Crippen LogP contribution in [0.3, 0.4) is 0 Å². The molecular formula is C15H22N6O. The zero-order chi connectivity index (χ0) is 15.8. The minimum Gasteiger partial charge on any atom is -0.338 e. The standard InChI is InChI=1S/C15H22N6O/c1-3-10-21(11-13-6-4-5-8-16-13)15(22)17-9-7-14-19-18-12-20(14)2/h4-6,8,12H,3,7,9-11H2,1-2H3,(H,17,22). The first-order valence-electron chi connectivity index (χ1n) is 7.46. The quantitative estimate of drug-likeness (QED) is 0.838. The van der Waals surface area contributed by atoms with Crippen molar-refractivity contribution in [3.05, 3.63) is 42.2 Å². The number of aromatic nitrogens is 4. The highest BCUT2D eigenvalue weighted by molar-refractivity contribution is 5.74. The van der Waals surface area contributed by atoms with E-state index in [0.29, 0.717) is 26.1 Å². The van der Waals surface area contributed by atoms with Crippen LogP contribution in [0.4, 0.5) is 4.79 Å². The average molecular weight is 302 g/mol. The van der Waals surface area contributed by atoms with Crippen molar-refractivity contribution in [3.63, 3.8) is 0 Å². The van der Waals surface area contributed by atoms with E-state index in [9.17, 15) is 4.79 Å². The lowest BCUT2D eigenvalue weighted by Gasteiger charge is -2.22. The number of rotatable bonds is 7. The summed E-state index contributed by atoms with van der Waals surface area (Å²) in [6.07, 6.45) is 4.96. The first-order valence-corrected chi connectivity index (χ1v) is 7.46. The normalized spacial score (nSPS) is 10.5. The van der Waals surface area contributed by atoms with Crippen LogP contribution >= 0.6 is 0 Å². The van der Waals surface area contributed by atoms with Crippen LogP contribution in [0.1, 0.15) is 24.9 Å². The Hall–Kier alpha value is -2.44. The summed E-state index contributed by atoms with van der Waals surface area (Å²) in [7, 11) is 1.89. The summed E-state index contributed by atoms with van der Waals surface area (Å²) in [6, 6.07) is 5.65. The molecule has 22 heavy (non-hydrogen) atoms. The Morgan fingerprint density at radius 2 is 2.27 bits per heavy atom. The molecule has 0 aliphatic heterocycles. The van der Waals surface area contributed by atoms with E-state index in [1.54, 1.807) is 17.4 Å². The molecule has 0 saturated carbocycles. The van der Waals surface area contributed by atoms with Crippen LogP contribution < -0.4 is 5.32 Å². The lowest BCUT2D eigenvalue weighted by atomic mass is 10.3. The number of carbonyl (C=O) groups is 1. The van der Waals surface area contributed by atoms with E-state index in [4.69, 9.17) is 0 Å². The maximum Gasteiger partial charge on any atom is 0.317 e. The summed E-state index contributed by atoms with van der Waals surface area (Å²) in [5, 5.41) is 10.8. The highest BCUT2D eigenvalue weighted by Crippen LogP contribution is 2.03. The molecule has 0 aromatic carbocycles. The van der Waals surface area contributed by atoms with Crippen LogP contribution in [-0.4, -0.2) is 43.8 Å². The molecule has 0 fully saturated rings. The summed E-state index contributed by atoms with van der Waals surface area (Å²) in [5.74, 6) is 0.854.